The monoisotopic (exact) mass is 396 g/mol. The summed E-state index contributed by atoms with van der Waals surface area (Å²) in [5, 5.41) is 9.45. The number of benzene rings is 1. The van der Waals surface area contributed by atoms with Crippen molar-refractivity contribution in [3.8, 4) is 11.4 Å². The zero-order valence-electron chi connectivity index (χ0n) is 11.8. The first kappa shape index (κ1) is 17.0. The summed E-state index contributed by atoms with van der Waals surface area (Å²) in [6.45, 7) is 0. The van der Waals surface area contributed by atoms with Gasteiger partial charge in [-0.3, -0.25) is 4.98 Å². The lowest BCUT2D eigenvalue weighted by Gasteiger charge is -2.04. The summed E-state index contributed by atoms with van der Waals surface area (Å²) in [5.74, 6) is 1.72. The van der Waals surface area contributed by atoms with Crippen LogP contribution in [0.25, 0.3) is 11.4 Å². The van der Waals surface area contributed by atoms with Crippen LogP contribution in [-0.4, -0.2) is 19.7 Å². The summed E-state index contributed by atoms with van der Waals surface area (Å²) in [6.07, 6.45) is 3.52. The van der Waals surface area contributed by atoms with E-state index in [2.05, 4.69) is 43.2 Å². The maximum atomic E-state index is 4.27. The topological polar surface area (TPSA) is 43.6 Å². The molecule has 0 bridgehead atoms. The van der Waals surface area contributed by atoms with Crippen LogP contribution in [0.15, 0.2) is 58.4 Å². The SMILES string of the molecule is Cl.Cn1c(SCc2cccc(Br)c2)nnc1-c1ccncc1. The molecule has 4 nitrogen and oxygen atoms in total. The number of thioether (sulfide) groups is 1. The largest absolute Gasteiger partial charge is 0.305 e. The van der Waals surface area contributed by atoms with Gasteiger partial charge in [0.05, 0.1) is 0 Å². The predicted octanol–water partition coefficient (Wildman–Crippen LogP) is 4.35. The lowest BCUT2D eigenvalue weighted by Crippen LogP contribution is -1.95. The molecule has 3 aromatic rings. The predicted molar refractivity (Wildman–Crippen MR) is 95.2 cm³/mol. The van der Waals surface area contributed by atoms with Gasteiger partial charge in [-0.15, -0.1) is 22.6 Å². The second-order valence-corrected chi connectivity index (χ2v) is 6.38. The van der Waals surface area contributed by atoms with Crippen molar-refractivity contribution in [1.82, 2.24) is 19.7 Å². The summed E-state index contributed by atoms with van der Waals surface area (Å²) in [5.41, 5.74) is 2.28. The van der Waals surface area contributed by atoms with Gasteiger partial charge in [0.25, 0.3) is 0 Å². The van der Waals surface area contributed by atoms with Gasteiger partial charge < -0.3 is 4.57 Å². The first-order chi connectivity index (χ1) is 10.2. The third kappa shape index (κ3) is 3.88. The van der Waals surface area contributed by atoms with Crippen molar-refractivity contribution in [2.75, 3.05) is 0 Å². The molecule has 0 aliphatic rings. The van der Waals surface area contributed by atoms with Crippen LogP contribution in [0.3, 0.4) is 0 Å². The molecular formula is C15H14BrClN4S. The maximum absolute atomic E-state index is 4.27. The van der Waals surface area contributed by atoms with Gasteiger partial charge in [-0.25, -0.2) is 0 Å². The molecule has 0 fully saturated rings. The smallest absolute Gasteiger partial charge is 0.191 e. The Morgan fingerprint density at radius 1 is 1.14 bits per heavy atom. The van der Waals surface area contributed by atoms with Crippen molar-refractivity contribution in [1.29, 1.82) is 0 Å². The summed E-state index contributed by atoms with van der Waals surface area (Å²) < 4.78 is 3.11. The van der Waals surface area contributed by atoms with Crippen LogP contribution in [0.5, 0.6) is 0 Å². The van der Waals surface area contributed by atoms with Gasteiger partial charge in [0, 0.05) is 35.2 Å². The molecule has 0 radical (unpaired) electrons. The van der Waals surface area contributed by atoms with Gasteiger partial charge in [0.1, 0.15) is 0 Å². The van der Waals surface area contributed by atoms with E-state index in [0.29, 0.717) is 0 Å². The lowest BCUT2D eigenvalue weighted by atomic mass is 10.2. The first-order valence-corrected chi connectivity index (χ1v) is 8.19. The van der Waals surface area contributed by atoms with E-state index < -0.39 is 0 Å². The molecule has 7 heteroatoms. The first-order valence-electron chi connectivity index (χ1n) is 6.41. The molecule has 0 unspecified atom stereocenters. The number of hydrogen-bond donors (Lipinski definition) is 0. The Balaban J connectivity index is 0.00000176. The van der Waals surface area contributed by atoms with Crippen molar-refractivity contribution < 1.29 is 0 Å². The molecular weight excluding hydrogens is 384 g/mol. The molecule has 2 aromatic heterocycles. The average Bonchev–Trinajstić information content (AvgIpc) is 2.87. The van der Waals surface area contributed by atoms with Gasteiger partial charge in [-0.05, 0) is 29.8 Å². The minimum absolute atomic E-state index is 0. The maximum Gasteiger partial charge on any atom is 0.191 e. The molecule has 0 saturated heterocycles. The Kier molecular flexibility index (Phi) is 5.99. The molecule has 3 rings (SSSR count). The van der Waals surface area contributed by atoms with Gasteiger partial charge in [-0.1, -0.05) is 39.8 Å². The highest BCUT2D eigenvalue weighted by atomic mass is 79.9. The lowest BCUT2D eigenvalue weighted by molar-refractivity contribution is 0.793. The van der Waals surface area contributed by atoms with Crippen molar-refractivity contribution >= 4 is 40.1 Å². The number of nitrogens with zero attached hydrogens (tertiary/aromatic N) is 4. The van der Waals surface area contributed by atoms with E-state index in [4.69, 9.17) is 0 Å². The fourth-order valence-electron chi connectivity index (χ4n) is 1.97. The minimum atomic E-state index is 0. The summed E-state index contributed by atoms with van der Waals surface area (Å²) in [4.78, 5) is 4.02. The van der Waals surface area contributed by atoms with E-state index in [-0.39, 0.29) is 12.4 Å². The summed E-state index contributed by atoms with van der Waals surface area (Å²) in [6, 6.07) is 12.2. The highest BCUT2D eigenvalue weighted by molar-refractivity contribution is 9.10. The number of hydrogen-bond acceptors (Lipinski definition) is 4. The van der Waals surface area contributed by atoms with E-state index in [1.54, 1.807) is 24.2 Å². The molecule has 0 amide bonds. The van der Waals surface area contributed by atoms with E-state index in [1.165, 1.54) is 5.56 Å². The molecule has 0 spiro atoms. The van der Waals surface area contributed by atoms with Crippen molar-refractivity contribution in [3.05, 3.63) is 58.8 Å². The summed E-state index contributed by atoms with van der Waals surface area (Å²) >= 11 is 5.17. The van der Waals surface area contributed by atoms with E-state index in [9.17, 15) is 0 Å². The Morgan fingerprint density at radius 2 is 1.91 bits per heavy atom. The van der Waals surface area contributed by atoms with Crippen LogP contribution >= 0.6 is 40.1 Å². The molecule has 0 atom stereocenters. The quantitative estimate of drug-likeness (QED) is 0.614. The number of pyridine rings is 1. The fourth-order valence-corrected chi connectivity index (χ4v) is 3.27. The van der Waals surface area contributed by atoms with Gasteiger partial charge >= 0.3 is 0 Å². The molecule has 0 saturated carbocycles. The number of aromatic nitrogens is 4. The zero-order valence-corrected chi connectivity index (χ0v) is 15.0. The average molecular weight is 398 g/mol. The van der Waals surface area contributed by atoms with Gasteiger partial charge in [0.15, 0.2) is 11.0 Å². The van der Waals surface area contributed by atoms with E-state index in [0.717, 1.165) is 26.8 Å². The third-order valence-electron chi connectivity index (χ3n) is 3.03. The Hall–Kier alpha value is -1.37. The molecule has 2 heterocycles. The van der Waals surface area contributed by atoms with Crippen LogP contribution < -0.4 is 0 Å². The standard InChI is InChI=1S/C15H13BrN4S.ClH/c1-20-14(12-5-7-17-8-6-12)18-19-15(20)21-10-11-3-2-4-13(16)9-11;/h2-9H,10H2,1H3;1H. The molecule has 22 heavy (non-hydrogen) atoms. The van der Waals surface area contributed by atoms with Crippen LogP contribution in [0.2, 0.25) is 0 Å². The van der Waals surface area contributed by atoms with Crippen LogP contribution in [0.4, 0.5) is 0 Å². The minimum Gasteiger partial charge on any atom is -0.305 e. The van der Waals surface area contributed by atoms with Gasteiger partial charge in [0.2, 0.25) is 0 Å². The molecule has 0 aliphatic carbocycles. The second kappa shape index (κ2) is 7.76. The highest BCUT2D eigenvalue weighted by Gasteiger charge is 2.11. The second-order valence-electron chi connectivity index (χ2n) is 4.52. The van der Waals surface area contributed by atoms with Crippen LogP contribution in [0.1, 0.15) is 5.56 Å². The molecule has 0 N–H and O–H groups in total. The summed E-state index contributed by atoms with van der Waals surface area (Å²) in [7, 11) is 1.99. The van der Waals surface area contributed by atoms with Crippen molar-refractivity contribution in [2.24, 2.45) is 7.05 Å². The van der Waals surface area contributed by atoms with E-state index in [1.807, 2.05) is 35.9 Å². The van der Waals surface area contributed by atoms with Crippen LogP contribution in [-0.2, 0) is 12.8 Å². The highest BCUT2D eigenvalue weighted by Crippen LogP contribution is 2.25. The van der Waals surface area contributed by atoms with Gasteiger partial charge in [-0.2, -0.15) is 0 Å². The molecule has 0 aliphatic heterocycles. The number of halogens is 2. The van der Waals surface area contributed by atoms with Crippen molar-refractivity contribution in [2.45, 2.75) is 10.9 Å². The third-order valence-corrected chi connectivity index (χ3v) is 4.62. The Bertz CT molecular complexity index is 748. The molecule has 1 aromatic carbocycles. The Labute approximate surface area is 147 Å². The van der Waals surface area contributed by atoms with Crippen LogP contribution in [0, 0.1) is 0 Å². The zero-order chi connectivity index (χ0) is 14.7. The van der Waals surface area contributed by atoms with Crippen molar-refractivity contribution in [3.63, 3.8) is 0 Å². The number of rotatable bonds is 4. The molecule has 114 valence electrons. The normalized spacial score (nSPS) is 10.3. The fraction of sp³-hybridized carbons (Fsp3) is 0.133. The van der Waals surface area contributed by atoms with E-state index >= 15 is 0 Å². The Morgan fingerprint density at radius 3 is 2.64 bits per heavy atom.